The Balaban J connectivity index is 2.72. The van der Waals surface area contributed by atoms with Gasteiger partial charge in [-0.3, -0.25) is 4.79 Å². The highest BCUT2D eigenvalue weighted by Gasteiger charge is 2.29. The molecule has 0 aliphatic heterocycles. The molecular formula is C15H18O5. The number of rotatable bonds is 6. The Morgan fingerprint density at radius 3 is 2.65 bits per heavy atom. The smallest absolute Gasteiger partial charge is 0.328 e. The molecule has 0 saturated carbocycles. The van der Waals surface area contributed by atoms with Gasteiger partial charge >= 0.3 is 11.9 Å². The number of benzene rings is 1. The van der Waals surface area contributed by atoms with Crippen LogP contribution in [-0.4, -0.2) is 30.8 Å². The zero-order valence-electron chi connectivity index (χ0n) is 11.8. The summed E-state index contributed by atoms with van der Waals surface area (Å²) in [6.07, 6.45) is 2.53. The summed E-state index contributed by atoms with van der Waals surface area (Å²) in [6.45, 7) is 3.63. The van der Waals surface area contributed by atoms with Crippen molar-refractivity contribution in [2.45, 2.75) is 13.8 Å². The van der Waals surface area contributed by atoms with Crippen LogP contribution in [-0.2, 0) is 14.3 Å². The van der Waals surface area contributed by atoms with E-state index in [-0.39, 0.29) is 12.6 Å². The molecule has 0 spiro atoms. The van der Waals surface area contributed by atoms with E-state index in [4.69, 9.17) is 14.6 Å². The molecular weight excluding hydrogens is 260 g/mol. The van der Waals surface area contributed by atoms with E-state index in [0.29, 0.717) is 11.3 Å². The van der Waals surface area contributed by atoms with Crippen molar-refractivity contribution >= 4 is 18.0 Å². The second kappa shape index (κ2) is 6.75. The average Bonchev–Trinajstić information content (AvgIpc) is 2.42. The lowest BCUT2D eigenvalue weighted by molar-refractivity contribution is -0.152. The van der Waals surface area contributed by atoms with Gasteiger partial charge in [-0.2, -0.15) is 0 Å². The van der Waals surface area contributed by atoms with Gasteiger partial charge in [0, 0.05) is 6.08 Å². The lowest BCUT2D eigenvalue weighted by Gasteiger charge is -2.21. The van der Waals surface area contributed by atoms with Crippen LogP contribution in [0, 0.1) is 5.41 Å². The fourth-order valence-corrected chi connectivity index (χ4v) is 1.47. The Bertz CT molecular complexity index is 517. The predicted octanol–water partition coefficient (Wildman–Crippen LogP) is 2.36. The van der Waals surface area contributed by atoms with Crippen molar-refractivity contribution in [2.75, 3.05) is 13.7 Å². The van der Waals surface area contributed by atoms with E-state index in [1.54, 1.807) is 38.1 Å². The fourth-order valence-electron chi connectivity index (χ4n) is 1.47. The zero-order chi connectivity index (χ0) is 15.2. The van der Waals surface area contributed by atoms with Gasteiger partial charge in [0.2, 0.25) is 0 Å². The van der Waals surface area contributed by atoms with E-state index in [1.807, 2.05) is 0 Å². The monoisotopic (exact) mass is 278 g/mol. The molecule has 0 aliphatic carbocycles. The van der Waals surface area contributed by atoms with E-state index in [2.05, 4.69) is 0 Å². The molecule has 0 heterocycles. The zero-order valence-corrected chi connectivity index (χ0v) is 11.8. The van der Waals surface area contributed by atoms with Crippen LogP contribution in [0.3, 0.4) is 0 Å². The number of carboxylic acid groups (broad SMARTS) is 1. The van der Waals surface area contributed by atoms with Crippen LogP contribution in [0.15, 0.2) is 30.3 Å². The van der Waals surface area contributed by atoms with Crippen LogP contribution in [0.5, 0.6) is 5.75 Å². The van der Waals surface area contributed by atoms with Crippen LogP contribution in [0.25, 0.3) is 6.08 Å². The Morgan fingerprint density at radius 1 is 1.35 bits per heavy atom. The number of carbonyl (C=O) groups is 2. The van der Waals surface area contributed by atoms with Gasteiger partial charge in [0.15, 0.2) is 0 Å². The van der Waals surface area contributed by atoms with E-state index >= 15 is 0 Å². The standard InChI is InChI=1S/C15H18O5/c1-15(2,14(18)19-3)10-20-12-6-4-5-11(9-12)7-8-13(16)17/h4-9H,10H2,1-3H3,(H,16,17). The number of aliphatic carboxylic acids is 1. The molecule has 20 heavy (non-hydrogen) atoms. The fraction of sp³-hybridized carbons (Fsp3) is 0.333. The third-order valence-corrected chi connectivity index (χ3v) is 2.61. The molecule has 0 saturated heterocycles. The van der Waals surface area contributed by atoms with Crippen molar-refractivity contribution < 1.29 is 24.2 Å². The number of hydrogen-bond acceptors (Lipinski definition) is 4. The van der Waals surface area contributed by atoms with E-state index in [9.17, 15) is 9.59 Å². The summed E-state index contributed by atoms with van der Waals surface area (Å²) >= 11 is 0. The third-order valence-electron chi connectivity index (χ3n) is 2.61. The van der Waals surface area contributed by atoms with Crippen molar-refractivity contribution in [3.63, 3.8) is 0 Å². The molecule has 5 nitrogen and oxygen atoms in total. The number of carboxylic acids is 1. The molecule has 1 rings (SSSR count). The number of hydrogen-bond donors (Lipinski definition) is 1. The van der Waals surface area contributed by atoms with Gasteiger partial charge in [-0.1, -0.05) is 12.1 Å². The van der Waals surface area contributed by atoms with Crippen molar-refractivity contribution in [1.29, 1.82) is 0 Å². The molecule has 0 bridgehead atoms. The van der Waals surface area contributed by atoms with Gasteiger partial charge in [-0.05, 0) is 37.6 Å². The minimum absolute atomic E-state index is 0.172. The Morgan fingerprint density at radius 2 is 2.05 bits per heavy atom. The van der Waals surface area contributed by atoms with Crippen LogP contribution < -0.4 is 4.74 Å². The van der Waals surface area contributed by atoms with Crippen molar-refractivity contribution in [3.8, 4) is 5.75 Å². The van der Waals surface area contributed by atoms with E-state index in [1.165, 1.54) is 13.2 Å². The van der Waals surface area contributed by atoms with Crippen molar-refractivity contribution in [2.24, 2.45) is 5.41 Å². The Hall–Kier alpha value is -2.30. The first kappa shape index (κ1) is 15.8. The largest absolute Gasteiger partial charge is 0.492 e. The minimum atomic E-state index is -1.01. The van der Waals surface area contributed by atoms with Crippen LogP contribution in [0.1, 0.15) is 19.4 Å². The minimum Gasteiger partial charge on any atom is -0.492 e. The van der Waals surface area contributed by atoms with E-state index < -0.39 is 11.4 Å². The lowest BCUT2D eigenvalue weighted by atomic mass is 9.95. The quantitative estimate of drug-likeness (QED) is 0.638. The Kier molecular flexibility index (Phi) is 5.32. The van der Waals surface area contributed by atoms with Gasteiger partial charge in [0.1, 0.15) is 12.4 Å². The molecule has 0 fully saturated rings. The van der Waals surface area contributed by atoms with Gasteiger partial charge in [-0.15, -0.1) is 0 Å². The first-order valence-corrected chi connectivity index (χ1v) is 6.07. The SMILES string of the molecule is COC(=O)C(C)(C)COc1cccc(C=CC(=O)O)c1. The predicted molar refractivity (Wildman–Crippen MR) is 74.4 cm³/mol. The molecule has 1 aromatic rings. The maximum absolute atomic E-state index is 11.5. The van der Waals surface area contributed by atoms with Gasteiger partial charge in [0.25, 0.3) is 0 Å². The molecule has 0 atom stereocenters. The first-order valence-electron chi connectivity index (χ1n) is 6.07. The number of esters is 1. The summed E-state index contributed by atoms with van der Waals surface area (Å²) in [4.78, 5) is 22.0. The summed E-state index contributed by atoms with van der Waals surface area (Å²) < 4.78 is 10.3. The maximum atomic E-state index is 11.5. The number of ether oxygens (including phenoxy) is 2. The van der Waals surface area contributed by atoms with Crippen LogP contribution in [0.2, 0.25) is 0 Å². The highest BCUT2D eigenvalue weighted by molar-refractivity contribution is 5.85. The second-order valence-corrected chi connectivity index (χ2v) is 4.91. The van der Waals surface area contributed by atoms with Crippen molar-refractivity contribution in [3.05, 3.63) is 35.9 Å². The summed E-state index contributed by atoms with van der Waals surface area (Å²) in [5, 5.41) is 8.57. The number of carbonyl (C=O) groups excluding carboxylic acids is 1. The highest BCUT2D eigenvalue weighted by Crippen LogP contribution is 2.21. The molecule has 108 valence electrons. The molecule has 0 aromatic heterocycles. The summed E-state index contributed by atoms with van der Waals surface area (Å²) in [7, 11) is 1.33. The molecule has 1 aromatic carbocycles. The molecule has 5 heteroatoms. The average molecular weight is 278 g/mol. The molecule has 0 amide bonds. The van der Waals surface area contributed by atoms with Gasteiger partial charge < -0.3 is 14.6 Å². The normalized spacial score (nSPS) is 11.3. The maximum Gasteiger partial charge on any atom is 0.328 e. The van der Waals surface area contributed by atoms with Gasteiger partial charge in [-0.25, -0.2) is 4.79 Å². The molecule has 0 aliphatic rings. The lowest BCUT2D eigenvalue weighted by Crippen LogP contribution is -2.32. The van der Waals surface area contributed by atoms with Gasteiger partial charge in [0.05, 0.1) is 12.5 Å². The van der Waals surface area contributed by atoms with Crippen LogP contribution >= 0.6 is 0 Å². The van der Waals surface area contributed by atoms with E-state index in [0.717, 1.165) is 6.08 Å². The Labute approximate surface area is 117 Å². The van der Waals surface area contributed by atoms with Crippen molar-refractivity contribution in [1.82, 2.24) is 0 Å². The summed E-state index contributed by atoms with van der Waals surface area (Å²) in [5.74, 6) is -0.794. The molecule has 0 unspecified atom stereocenters. The van der Waals surface area contributed by atoms with Crippen LogP contribution in [0.4, 0.5) is 0 Å². The topological polar surface area (TPSA) is 72.8 Å². The number of methoxy groups -OCH3 is 1. The molecule has 1 N–H and O–H groups in total. The highest BCUT2D eigenvalue weighted by atomic mass is 16.5. The third kappa shape index (κ3) is 4.76. The molecule has 0 radical (unpaired) electrons. The summed E-state index contributed by atoms with van der Waals surface area (Å²) in [5.41, 5.74) is -0.0393. The summed E-state index contributed by atoms with van der Waals surface area (Å²) in [6, 6.07) is 6.96. The first-order chi connectivity index (χ1) is 9.35. The second-order valence-electron chi connectivity index (χ2n) is 4.91.